The molecule has 1 unspecified atom stereocenters. The van der Waals surface area contributed by atoms with E-state index >= 15 is 0 Å². The number of nitrogens with one attached hydrogen (secondary N) is 3. The van der Waals surface area contributed by atoms with Crippen LogP contribution in [0.15, 0.2) is 41.7 Å². The van der Waals surface area contributed by atoms with Crippen LogP contribution in [-0.2, 0) is 4.74 Å². The SMILES string of the molecule is CC(=CC=N)C=C(NC(=O)c1ccc(NSC(C)CO)cc1N1CCC2(CC1)CC2)N1CCOCC1. The summed E-state index contributed by atoms with van der Waals surface area (Å²) in [5.41, 5.74) is 3.96. The number of hydrogen-bond acceptors (Lipinski definition) is 8. The maximum absolute atomic E-state index is 13.7. The molecule has 1 atom stereocenters. The standard InChI is InChI=1S/C27H39N5O3S/c1-20(5-10-28)17-25(32-13-15-35-16-14-32)29-26(34)23-4-3-22(30-36-21(2)19-33)18-24(23)31-11-8-27(6-7-27)9-12-31/h3-5,10,17-18,21,28,30,33H,6-9,11-16,19H2,1-2H3,(H,29,34). The van der Waals surface area contributed by atoms with Gasteiger partial charge in [0.25, 0.3) is 5.91 Å². The Labute approximate surface area is 218 Å². The van der Waals surface area contributed by atoms with Crippen molar-refractivity contribution in [1.82, 2.24) is 10.2 Å². The van der Waals surface area contributed by atoms with Crippen LogP contribution < -0.4 is 14.9 Å². The molecule has 1 saturated carbocycles. The quantitative estimate of drug-likeness (QED) is 0.213. The van der Waals surface area contributed by atoms with Gasteiger partial charge in [0.1, 0.15) is 5.82 Å². The van der Waals surface area contributed by atoms with E-state index in [-0.39, 0.29) is 17.8 Å². The van der Waals surface area contributed by atoms with E-state index in [1.807, 2.05) is 32.1 Å². The number of carbonyl (C=O) groups is 1. The molecule has 8 nitrogen and oxygen atoms in total. The Bertz CT molecular complexity index is 991. The van der Waals surface area contributed by atoms with Crippen LogP contribution in [0.3, 0.4) is 0 Å². The first-order valence-corrected chi connectivity index (χ1v) is 13.8. The number of ether oxygens (including phenoxy) is 1. The molecule has 4 N–H and O–H groups in total. The van der Waals surface area contributed by atoms with Crippen LogP contribution in [0, 0.1) is 10.8 Å². The number of benzene rings is 1. The fourth-order valence-corrected chi connectivity index (χ4v) is 5.28. The molecule has 0 bridgehead atoms. The van der Waals surface area contributed by atoms with Crippen molar-refractivity contribution in [2.45, 2.75) is 44.8 Å². The molecule has 1 aromatic rings. The molecule has 36 heavy (non-hydrogen) atoms. The second-order valence-corrected chi connectivity index (χ2v) is 11.3. The zero-order chi connectivity index (χ0) is 25.5. The number of amides is 1. The molecule has 9 heteroatoms. The number of aliphatic hydroxyl groups is 1. The van der Waals surface area contributed by atoms with Gasteiger partial charge in [0.05, 0.1) is 31.1 Å². The van der Waals surface area contributed by atoms with Gasteiger partial charge >= 0.3 is 0 Å². The molecule has 0 radical (unpaired) electrons. The minimum Gasteiger partial charge on any atom is -0.395 e. The highest BCUT2D eigenvalue weighted by atomic mass is 32.2. The fraction of sp³-hybridized carbons (Fsp3) is 0.556. The molecule has 1 aliphatic carbocycles. The topological polar surface area (TPSA) is 101 Å². The Hall–Kier alpha value is -2.49. The maximum Gasteiger partial charge on any atom is 0.258 e. The van der Waals surface area contributed by atoms with Crippen molar-refractivity contribution in [2.75, 3.05) is 55.6 Å². The number of nitrogens with zero attached hydrogens (tertiary/aromatic N) is 2. The molecule has 1 amide bonds. The van der Waals surface area contributed by atoms with E-state index in [4.69, 9.17) is 10.1 Å². The van der Waals surface area contributed by atoms with E-state index in [1.165, 1.54) is 43.8 Å². The zero-order valence-electron chi connectivity index (χ0n) is 21.4. The summed E-state index contributed by atoms with van der Waals surface area (Å²) in [6, 6.07) is 5.89. The highest BCUT2D eigenvalue weighted by Crippen LogP contribution is 2.54. The highest BCUT2D eigenvalue weighted by Gasteiger charge is 2.44. The van der Waals surface area contributed by atoms with E-state index in [1.54, 1.807) is 6.08 Å². The van der Waals surface area contributed by atoms with Gasteiger partial charge in [-0.25, -0.2) is 0 Å². The average molecular weight is 514 g/mol. The number of piperidine rings is 1. The fourth-order valence-electron chi connectivity index (χ4n) is 4.74. The van der Waals surface area contributed by atoms with E-state index in [2.05, 4.69) is 25.9 Å². The van der Waals surface area contributed by atoms with E-state index < -0.39 is 0 Å². The molecule has 2 heterocycles. The maximum atomic E-state index is 13.7. The number of rotatable bonds is 10. The molecule has 1 spiro atoms. The monoisotopic (exact) mass is 513 g/mol. The van der Waals surface area contributed by atoms with Gasteiger partial charge in [-0.05, 0) is 92.8 Å². The van der Waals surface area contributed by atoms with Gasteiger partial charge in [0.15, 0.2) is 0 Å². The lowest BCUT2D eigenvalue weighted by Crippen LogP contribution is -2.42. The summed E-state index contributed by atoms with van der Waals surface area (Å²) in [5.74, 6) is 0.593. The number of hydrogen-bond donors (Lipinski definition) is 4. The van der Waals surface area contributed by atoms with Crippen molar-refractivity contribution in [3.8, 4) is 0 Å². The summed E-state index contributed by atoms with van der Waals surface area (Å²) < 4.78 is 8.85. The Morgan fingerprint density at radius 1 is 1.22 bits per heavy atom. The Balaban J connectivity index is 1.58. The van der Waals surface area contributed by atoms with Crippen molar-refractivity contribution < 1.29 is 14.6 Å². The number of carbonyl (C=O) groups excluding carboxylic acids is 1. The van der Waals surface area contributed by atoms with Crippen molar-refractivity contribution in [1.29, 1.82) is 5.41 Å². The molecule has 1 aromatic carbocycles. The summed E-state index contributed by atoms with van der Waals surface area (Å²) in [7, 11) is 0. The molecule has 4 rings (SSSR count). The van der Waals surface area contributed by atoms with Gasteiger partial charge in [-0.1, -0.05) is 0 Å². The molecule has 0 aromatic heterocycles. The third-order valence-electron chi connectivity index (χ3n) is 7.30. The first-order valence-electron chi connectivity index (χ1n) is 12.9. The van der Waals surface area contributed by atoms with E-state index in [0.717, 1.165) is 35.9 Å². The van der Waals surface area contributed by atoms with Crippen molar-refractivity contribution >= 4 is 35.4 Å². The van der Waals surface area contributed by atoms with E-state index in [0.29, 0.717) is 37.3 Å². The van der Waals surface area contributed by atoms with E-state index in [9.17, 15) is 9.90 Å². The summed E-state index contributed by atoms with van der Waals surface area (Å²) in [6.07, 6.45) is 9.92. The van der Waals surface area contributed by atoms with Crippen molar-refractivity contribution in [3.63, 3.8) is 0 Å². The van der Waals surface area contributed by atoms with Crippen LogP contribution >= 0.6 is 11.9 Å². The third-order valence-corrected chi connectivity index (χ3v) is 8.21. The van der Waals surface area contributed by atoms with Gasteiger partial charge in [-0.2, -0.15) is 0 Å². The van der Waals surface area contributed by atoms with Crippen molar-refractivity contribution in [3.05, 3.63) is 47.3 Å². The number of aliphatic hydroxyl groups excluding tert-OH is 1. The van der Waals surface area contributed by atoms with Gasteiger partial charge in [0.2, 0.25) is 0 Å². The third kappa shape index (κ3) is 6.83. The summed E-state index contributed by atoms with van der Waals surface area (Å²) in [6.45, 7) is 8.54. The molecular formula is C27H39N5O3S. The summed E-state index contributed by atoms with van der Waals surface area (Å²) in [4.78, 5) is 18.2. The first kappa shape index (κ1) is 26.6. The normalized spacial score (nSPS) is 20.8. The van der Waals surface area contributed by atoms with Crippen LogP contribution in [0.4, 0.5) is 11.4 Å². The average Bonchev–Trinajstić information content (AvgIpc) is 3.66. The molecule has 196 valence electrons. The van der Waals surface area contributed by atoms with Crippen LogP contribution in [0.2, 0.25) is 0 Å². The lowest BCUT2D eigenvalue weighted by molar-refractivity contribution is 0.0493. The first-order chi connectivity index (χ1) is 17.4. The minimum absolute atomic E-state index is 0.0691. The Kier molecular flexibility index (Phi) is 8.98. The van der Waals surface area contributed by atoms with Crippen LogP contribution in [0.5, 0.6) is 0 Å². The minimum atomic E-state index is -0.139. The van der Waals surface area contributed by atoms with Gasteiger partial charge in [0, 0.05) is 43.3 Å². The largest absolute Gasteiger partial charge is 0.395 e. The second-order valence-electron chi connectivity index (χ2n) is 10.1. The Morgan fingerprint density at radius 2 is 1.94 bits per heavy atom. The highest BCUT2D eigenvalue weighted by molar-refractivity contribution is 8.01. The summed E-state index contributed by atoms with van der Waals surface area (Å²) in [5, 5.41) is 20.0. The van der Waals surface area contributed by atoms with Gasteiger partial charge in [-0.15, -0.1) is 0 Å². The number of morpholine rings is 1. The van der Waals surface area contributed by atoms with Crippen LogP contribution in [0.1, 0.15) is 49.9 Å². The smallest absolute Gasteiger partial charge is 0.258 e. The number of allylic oxidation sites excluding steroid dienone is 3. The molecule has 2 aliphatic heterocycles. The van der Waals surface area contributed by atoms with Crippen LogP contribution in [-0.4, -0.2) is 73.4 Å². The number of anilines is 2. The lowest BCUT2D eigenvalue weighted by Gasteiger charge is -2.35. The summed E-state index contributed by atoms with van der Waals surface area (Å²) >= 11 is 1.48. The molecule has 2 saturated heterocycles. The molecule has 3 fully saturated rings. The second kappa shape index (κ2) is 12.2. The zero-order valence-corrected chi connectivity index (χ0v) is 22.2. The Morgan fingerprint density at radius 3 is 2.58 bits per heavy atom. The molecule has 3 aliphatic rings. The van der Waals surface area contributed by atoms with Gasteiger partial charge < -0.3 is 35.1 Å². The predicted molar refractivity (Wildman–Crippen MR) is 148 cm³/mol. The van der Waals surface area contributed by atoms with Crippen molar-refractivity contribution in [2.24, 2.45) is 5.41 Å². The van der Waals surface area contributed by atoms with Crippen LogP contribution in [0.25, 0.3) is 0 Å². The van der Waals surface area contributed by atoms with Gasteiger partial charge in [-0.3, -0.25) is 4.79 Å². The molecular weight excluding hydrogens is 474 g/mol. The predicted octanol–water partition coefficient (Wildman–Crippen LogP) is 4.01. The lowest BCUT2D eigenvalue weighted by atomic mass is 9.93.